The molecule has 18 heavy (non-hydrogen) atoms. The van der Waals surface area contributed by atoms with Crippen molar-refractivity contribution in [2.45, 2.75) is 26.7 Å². The third-order valence-corrected chi connectivity index (χ3v) is 3.24. The molecule has 0 heterocycles. The Bertz CT molecular complexity index is 522. The van der Waals surface area contributed by atoms with Gasteiger partial charge in [-0.25, -0.2) is 8.78 Å². The lowest BCUT2D eigenvalue weighted by Gasteiger charge is -2.15. The second-order valence-electron chi connectivity index (χ2n) is 4.77. The van der Waals surface area contributed by atoms with Gasteiger partial charge in [-0.3, -0.25) is 0 Å². The fraction of sp³-hybridized carbons (Fsp3) is 0.250. The van der Waals surface area contributed by atoms with E-state index in [-0.39, 0.29) is 17.6 Å². The van der Waals surface area contributed by atoms with E-state index in [2.05, 4.69) is 0 Å². The lowest BCUT2D eigenvalue weighted by molar-refractivity contribution is 0.580. The molecule has 0 amide bonds. The summed E-state index contributed by atoms with van der Waals surface area (Å²) in [5.74, 6) is -0.837. The zero-order valence-electron chi connectivity index (χ0n) is 10.8. The van der Waals surface area contributed by atoms with E-state index in [1.165, 1.54) is 12.1 Å². The summed E-state index contributed by atoms with van der Waals surface area (Å²) in [6.45, 7) is 5.50. The molecule has 0 fully saturated rings. The van der Waals surface area contributed by atoms with Crippen molar-refractivity contribution < 1.29 is 8.78 Å². The molecule has 0 bridgehead atoms. The zero-order chi connectivity index (χ0) is 13.3. The lowest BCUT2D eigenvalue weighted by atomic mass is 9.91. The first-order chi connectivity index (χ1) is 8.49. The van der Waals surface area contributed by atoms with Gasteiger partial charge in [0.05, 0.1) is 0 Å². The quantitative estimate of drug-likeness (QED) is 0.718. The van der Waals surface area contributed by atoms with Crippen molar-refractivity contribution in [1.82, 2.24) is 0 Å². The van der Waals surface area contributed by atoms with Crippen LogP contribution in [0.1, 0.15) is 35.1 Å². The maximum atomic E-state index is 13.9. The molecule has 0 saturated carbocycles. The smallest absolute Gasteiger partial charge is 0.127 e. The summed E-state index contributed by atoms with van der Waals surface area (Å²) in [5.41, 5.74) is 2.80. The highest BCUT2D eigenvalue weighted by Crippen LogP contribution is 2.29. The Morgan fingerprint density at radius 2 is 1.17 bits per heavy atom. The molecule has 0 aliphatic rings. The van der Waals surface area contributed by atoms with Gasteiger partial charge in [-0.05, 0) is 48.2 Å². The Kier molecular flexibility index (Phi) is 3.46. The van der Waals surface area contributed by atoms with Gasteiger partial charge < -0.3 is 0 Å². The SMILES string of the molecule is Cc1ccc(C(C)c2ccc(C)cc2F)c(F)c1. The zero-order valence-corrected chi connectivity index (χ0v) is 10.8. The molecule has 0 radical (unpaired) electrons. The third-order valence-electron chi connectivity index (χ3n) is 3.24. The van der Waals surface area contributed by atoms with E-state index in [0.717, 1.165) is 11.1 Å². The molecule has 0 aliphatic carbocycles. The Morgan fingerprint density at radius 1 is 0.778 bits per heavy atom. The maximum absolute atomic E-state index is 13.9. The number of hydrogen-bond acceptors (Lipinski definition) is 0. The number of halogens is 2. The minimum atomic E-state index is -0.286. The fourth-order valence-electron chi connectivity index (χ4n) is 2.13. The Labute approximate surface area is 106 Å². The summed E-state index contributed by atoms with van der Waals surface area (Å²) in [7, 11) is 0. The van der Waals surface area contributed by atoms with Crippen LogP contribution >= 0.6 is 0 Å². The van der Waals surface area contributed by atoms with Gasteiger partial charge in [0, 0.05) is 5.92 Å². The molecule has 94 valence electrons. The van der Waals surface area contributed by atoms with E-state index in [1.54, 1.807) is 12.1 Å². The summed E-state index contributed by atoms with van der Waals surface area (Å²) in [6.07, 6.45) is 0. The molecule has 0 saturated heterocycles. The molecular weight excluding hydrogens is 230 g/mol. The topological polar surface area (TPSA) is 0 Å². The predicted octanol–water partition coefficient (Wildman–Crippen LogP) is 4.73. The summed E-state index contributed by atoms with van der Waals surface area (Å²) < 4.78 is 27.8. The van der Waals surface area contributed by atoms with Crippen LogP contribution in [0.15, 0.2) is 36.4 Å². The summed E-state index contributed by atoms with van der Waals surface area (Å²) in [5, 5.41) is 0. The Balaban J connectivity index is 2.44. The van der Waals surface area contributed by atoms with Gasteiger partial charge in [0.15, 0.2) is 0 Å². The molecule has 2 aromatic rings. The van der Waals surface area contributed by atoms with Gasteiger partial charge in [-0.15, -0.1) is 0 Å². The predicted molar refractivity (Wildman–Crippen MR) is 69.8 cm³/mol. The second kappa shape index (κ2) is 4.89. The van der Waals surface area contributed by atoms with Gasteiger partial charge in [-0.2, -0.15) is 0 Å². The number of aryl methyl sites for hydroxylation is 2. The van der Waals surface area contributed by atoms with Crippen LogP contribution in [0.2, 0.25) is 0 Å². The van der Waals surface area contributed by atoms with Crippen LogP contribution in [-0.4, -0.2) is 0 Å². The van der Waals surface area contributed by atoms with Gasteiger partial charge >= 0.3 is 0 Å². The van der Waals surface area contributed by atoms with E-state index in [1.807, 2.05) is 32.9 Å². The molecule has 0 aliphatic heterocycles. The number of rotatable bonds is 2. The van der Waals surface area contributed by atoms with Crippen LogP contribution < -0.4 is 0 Å². The molecule has 0 spiro atoms. The van der Waals surface area contributed by atoms with E-state index in [4.69, 9.17) is 0 Å². The van der Waals surface area contributed by atoms with Crippen molar-refractivity contribution in [1.29, 1.82) is 0 Å². The van der Waals surface area contributed by atoms with Crippen molar-refractivity contribution >= 4 is 0 Å². The molecule has 2 heteroatoms. The van der Waals surface area contributed by atoms with Crippen molar-refractivity contribution in [3.05, 3.63) is 70.3 Å². The third kappa shape index (κ3) is 2.42. The highest BCUT2D eigenvalue weighted by atomic mass is 19.1. The normalized spacial score (nSPS) is 11.0. The van der Waals surface area contributed by atoms with Crippen LogP contribution in [0.3, 0.4) is 0 Å². The number of benzene rings is 2. The standard InChI is InChI=1S/C16H16F2/c1-10-4-6-13(15(17)8-10)12(3)14-7-5-11(2)9-16(14)18/h4-9,12H,1-3H3. The van der Waals surface area contributed by atoms with Crippen LogP contribution in [0.25, 0.3) is 0 Å². The Hall–Kier alpha value is -1.70. The van der Waals surface area contributed by atoms with E-state index in [9.17, 15) is 8.78 Å². The molecule has 2 aromatic carbocycles. The first kappa shape index (κ1) is 12.7. The van der Waals surface area contributed by atoms with E-state index in [0.29, 0.717) is 11.1 Å². The molecule has 2 rings (SSSR count). The molecule has 0 aromatic heterocycles. The summed E-state index contributed by atoms with van der Waals surface area (Å²) in [6, 6.07) is 10.1. The Morgan fingerprint density at radius 3 is 1.50 bits per heavy atom. The summed E-state index contributed by atoms with van der Waals surface area (Å²) in [4.78, 5) is 0. The monoisotopic (exact) mass is 246 g/mol. The first-order valence-corrected chi connectivity index (χ1v) is 6.01. The average molecular weight is 246 g/mol. The highest BCUT2D eigenvalue weighted by molar-refractivity contribution is 5.36. The lowest BCUT2D eigenvalue weighted by Crippen LogP contribution is -2.02. The van der Waals surface area contributed by atoms with Crippen LogP contribution in [-0.2, 0) is 0 Å². The van der Waals surface area contributed by atoms with Crippen LogP contribution in [0.5, 0.6) is 0 Å². The average Bonchev–Trinajstić information content (AvgIpc) is 2.28. The van der Waals surface area contributed by atoms with Crippen molar-refractivity contribution in [3.63, 3.8) is 0 Å². The molecule has 0 N–H and O–H groups in total. The van der Waals surface area contributed by atoms with Gasteiger partial charge in [0.2, 0.25) is 0 Å². The molecule has 0 nitrogen and oxygen atoms in total. The molecule has 0 unspecified atom stereocenters. The first-order valence-electron chi connectivity index (χ1n) is 6.01. The van der Waals surface area contributed by atoms with Crippen molar-refractivity contribution in [2.75, 3.05) is 0 Å². The van der Waals surface area contributed by atoms with Crippen molar-refractivity contribution in [3.8, 4) is 0 Å². The van der Waals surface area contributed by atoms with Gasteiger partial charge in [0.1, 0.15) is 11.6 Å². The number of hydrogen-bond donors (Lipinski definition) is 0. The highest BCUT2D eigenvalue weighted by Gasteiger charge is 2.16. The van der Waals surface area contributed by atoms with Gasteiger partial charge in [0.25, 0.3) is 0 Å². The summed E-state index contributed by atoms with van der Waals surface area (Å²) >= 11 is 0. The van der Waals surface area contributed by atoms with Crippen LogP contribution in [0.4, 0.5) is 8.78 Å². The van der Waals surface area contributed by atoms with Crippen LogP contribution in [0, 0.1) is 25.5 Å². The molecule has 0 atom stereocenters. The molecular formula is C16H16F2. The van der Waals surface area contributed by atoms with E-state index >= 15 is 0 Å². The fourth-order valence-corrected chi connectivity index (χ4v) is 2.13. The largest absolute Gasteiger partial charge is 0.207 e. The minimum Gasteiger partial charge on any atom is -0.207 e. The minimum absolute atomic E-state index is 0.275. The maximum Gasteiger partial charge on any atom is 0.127 e. The van der Waals surface area contributed by atoms with Crippen molar-refractivity contribution in [2.24, 2.45) is 0 Å². The second-order valence-corrected chi connectivity index (χ2v) is 4.77. The van der Waals surface area contributed by atoms with E-state index < -0.39 is 0 Å². The van der Waals surface area contributed by atoms with Gasteiger partial charge in [-0.1, -0.05) is 31.2 Å².